The van der Waals surface area contributed by atoms with Crippen LogP contribution < -0.4 is 5.32 Å². The highest BCUT2D eigenvalue weighted by molar-refractivity contribution is 7.14. The number of nitrogens with one attached hydrogen (secondary N) is 1. The van der Waals surface area contributed by atoms with Crippen LogP contribution in [0.15, 0.2) is 41.9 Å². The third-order valence-electron chi connectivity index (χ3n) is 10.1. The first-order chi connectivity index (χ1) is 16.8. The highest BCUT2D eigenvalue weighted by Gasteiger charge is 2.60. The molecule has 7 atom stereocenters. The Morgan fingerprint density at radius 2 is 2.00 bits per heavy atom. The molecule has 7 heteroatoms. The minimum Gasteiger partial charge on any atom is -0.338 e. The standard InChI is InChI=1S/C28H34N4O2S/c1-27-13-11-19-17(7-10-23-28(19,2)14-12-24(33)32(23)3)18(27)8-9-20(27)22-16-35-26(30-22)31-25(34)21-6-4-5-15-29-21/h4-6,12,14-20,23H,7-11,13H2,1-3H3,(H,30,31,34)/t17-,18-,19+,20?,23?,27-,28+/m0/s1. The number of hydrogen-bond donors (Lipinski definition) is 1. The zero-order valence-corrected chi connectivity index (χ0v) is 21.6. The van der Waals surface area contributed by atoms with Gasteiger partial charge in [0.15, 0.2) is 5.13 Å². The Labute approximate surface area is 211 Å². The number of hydrogen-bond acceptors (Lipinski definition) is 5. The summed E-state index contributed by atoms with van der Waals surface area (Å²) in [6.45, 7) is 4.90. The second-order valence-electron chi connectivity index (χ2n) is 11.5. The van der Waals surface area contributed by atoms with Crippen LogP contribution in [-0.2, 0) is 4.79 Å². The van der Waals surface area contributed by atoms with E-state index in [0.717, 1.165) is 18.5 Å². The van der Waals surface area contributed by atoms with E-state index in [1.54, 1.807) is 18.3 Å². The average Bonchev–Trinajstić information content (AvgIpc) is 3.45. The van der Waals surface area contributed by atoms with Crippen molar-refractivity contribution in [3.63, 3.8) is 0 Å². The normalized spacial score (nSPS) is 38.0. The van der Waals surface area contributed by atoms with E-state index in [9.17, 15) is 9.59 Å². The van der Waals surface area contributed by atoms with Crippen LogP contribution in [-0.4, -0.2) is 39.8 Å². The largest absolute Gasteiger partial charge is 0.338 e. The van der Waals surface area contributed by atoms with Gasteiger partial charge in [0, 0.05) is 36.0 Å². The number of pyridine rings is 1. The molecule has 4 aliphatic rings. The van der Waals surface area contributed by atoms with Crippen LogP contribution in [0.25, 0.3) is 0 Å². The van der Waals surface area contributed by atoms with Gasteiger partial charge in [0.05, 0.1) is 5.69 Å². The zero-order chi connectivity index (χ0) is 24.4. The Balaban J connectivity index is 1.21. The molecule has 184 valence electrons. The van der Waals surface area contributed by atoms with Gasteiger partial charge in [0.2, 0.25) is 5.91 Å². The van der Waals surface area contributed by atoms with Crippen LogP contribution in [0.5, 0.6) is 0 Å². The molecular formula is C28H34N4O2S. The summed E-state index contributed by atoms with van der Waals surface area (Å²) in [5, 5.41) is 5.75. The molecule has 3 fully saturated rings. The third-order valence-corrected chi connectivity index (χ3v) is 10.9. The molecule has 2 unspecified atom stereocenters. The van der Waals surface area contributed by atoms with Gasteiger partial charge in [-0.25, -0.2) is 4.98 Å². The van der Waals surface area contributed by atoms with Crippen molar-refractivity contribution in [2.45, 2.75) is 64.3 Å². The minimum atomic E-state index is -0.212. The molecule has 6 nitrogen and oxygen atoms in total. The summed E-state index contributed by atoms with van der Waals surface area (Å²) >= 11 is 1.52. The van der Waals surface area contributed by atoms with Crippen LogP contribution in [0.2, 0.25) is 0 Å². The first-order valence-corrected chi connectivity index (χ1v) is 13.8. The molecule has 0 aromatic carbocycles. The van der Waals surface area contributed by atoms with Gasteiger partial charge in [-0.15, -0.1) is 11.3 Å². The molecule has 0 bridgehead atoms. The van der Waals surface area contributed by atoms with Crippen molar-refractivity contribution in [2.75, 3.05) is 12.4 Å². The highest BCUT2D eigenvalue weighted by atomic mass is 32.1. The topological polar surface area (TPSA) is 75.2 Å². The van der Waals surface area contributed by atoms with E-state index in [4.69, 9.17) is 4.98 Å². The molecule has 2 amide bonds. The van der Waals surface area contributed by atoms with Gasteiger partial charge in [0.1, 0.15) is 5.69 Å². The number of fused-ring (bicyclic) bond motifs is 5. The molecule has 3 heterocycles. The fourth-order valence-electron chi connectivity index (χ4n) is 8.39. The summed E-state index contributed by atoms with van der Waals surface area (Å²) < 4.78 is 0. The molecule has 3 saturated carbocycles. The first kappa shape index (κ1) is 22.9. The minimum absolute atomic E-state index is 0.0779. The van der Waals surface area contributed by atoms with Gasteiger partial charge in [-0.2, -0.15) is 0 Å². The smallest absolute Gasteiger partial charge is 0.276 e. The second-order valence-corrected chi connectivity index (χ2v) is 12.4. The van der Waals surface area contributed by atoms with E-state index in [-0.39, 0.29) is 22.6 Å². The second kappa shape index (κ2) is 8.26. The molecule has 3 aliphatic carbocycles. The lowest BCUT2D eigenvalue weighted by atomic mass is 9.47. The quantitative estimate of drug-likeness (QED) is 0.615. The molecule has 1 N–H and O–H groups in total. The predicted octanol–water partition coefficient (Wildman–Crippen LogP) is 5.51. The average molecular weight is 491 g/mol. The number of anilines is 1. The third kappa shape index (κ3) is 3.49. The van der Waals surface area contributed by atoms with E-state index < -0.39 is 0 Å². The van der Waals surface area contributed by atoms with Crippen LogP contribution in [0.4, 0.5) is 5.13 Å². The van der Waals surface area contributed by atoms with Gasteiger partial charge < -0.3 is 4.90 Å². The van der Waals surface area contributed by atoms with Gasteiger partial charge in [-0.05, 0) is 79.9 Å². The van der Waals surface area contributed by atoms with Gasteiger partial charge in [0.25, 0.3) is 5.91 Å². The first-order valence-electron chi connectivity index (χ1n) is 12.9. The lowest BCUT2D eigenvalue weighted by Crippen LogP contribution is -2.59. The SMILES string of the molecule is CN1C(=O)C=C[C@@]2(C)C1CC[C@@H]1[C@H]2CC[C@]2(C)C(c3csc(NC(=O)c4ccccn4)n3)CC[C@@H]12. The van der Waals surface area contributed by atoms with Gasteiger partial charge in [-0.1, -0.05) is 26.0 Å². The van der Waals surface area contributed by atoms with Crippen molar-refractivity contribution in [3.05, 3.63) is 53.3 Å². The molecule has 0 saturated heterocycles. The van der Waals surface area contributed by atoms with E-state index in [2.05, 4.69) is 35.6 Å². The number of aromatic nitrogens is 2. The van der Waals surface area contributed by atoms with Gasteiger partial charge >= 0.3 is 0 Å². The van der Waals surface area contributed by atoms with E-state index in [1.165, 1.54) is 37.0 Å². The Morgan fingerprint density at radius 3 is 2.80 bits per heavy atom. The van der Waals surface area contributed by atoms with Crippen LogP contribution in [0, 0.1) is 28.6 Å². The van der Waals surface area contributed by atoms with Crippen molar-refractivity contribution in [2.24, 2.45) is 28.6 Å². The summed E-state index contributed by atoms with van der Waals surface area (Å²) in [6.07, 6.45) is 12.8. The molecule has 2 aromatic rings. The number of likely N-dealkylation sites (N-methyl/N-ethyl adjacent to an activating group) is 1. The van der Waals surface area contributed by atoms with Crippen molar-refractivity contribution in [3.8, 4) is 0 Å². The summed E-state index contributed by atoms with van der Waals surface area (Å²) in [6, 6.07) is 5.67. The Morgan fingerprint density at radius 1 is 1.14 bits per heavy atom. The Kier molecular flexibility index (Phi) is 5.40. The summed E-state index contributed by atoms with van der Waals surface area (Å²) in [4.78, 5) is 35.9. The summed E-state index contributed by atoms with van der Waals surface area (Å²) in [7, 11) is 1.99. The monoisotopic (exact) mass is 490 g/mol. The number of carbonyl (C=O) groups excluding carboxylic acids is 2. The van der Waals surface area contributed by atoms with E-state index in [1.807, 2.05) is 24.1 Å². The van der Waals surface area contributed by atoms with Crippen LogP contribution in [0.1, 0.15) is 74.5 Å². The Bertz CT molecular complexity index is 1180. The summed E-state index contributed by atoms with van der Waals surface area (Å²) in [5.74, 6) is 2.40. The maximum atomic E-state index is 12.5. The van der Waals surface area contributed by atoms with Crippen molar-refractivity contribution in [1.82, 2.24) is 14.9 Å². The van der Waals surface area contributed by atoms with E-state index in [0.29, 0.717) is 40.5 Å². The van der Waals surface area contributed by atoms with Gasteiger partial charge in [-0.3, -0.25) is 19.9 Å². The molecular weight excluding hydrogens is 456 g/mol. The van der Waals surface area contributed by atoms with Crippen molar-refractivity contribution in [1.29, 1.82) is 0 Å². The zero-order valence-electron chi connectivity index (χ0n) is 20.7. The van der Waals surface area contributed by atoms with Crippen LogP contribution >= 0.6 is 11.3 Å². The summed E-state index contributed by atoms with van der Waals surface area (Å²) in [5.41, 5.74) is 1.86. The molecule has 6 rings (SSSR count). The van der Waals surface area contributed by atoms with Crippen molar-refractivity contribution >= 4 is 28.3 Å². The number of carbonyl (C=O) groups is 2. The van der Waals surface area contributed by atoms with Crippen LogP contribution in [0.3, 0.4) is 0 Å². The molecule has 0 radical (unpaired) electrons. The number of nitrogens with zero attached hydrogens (tertiary/aromatic N) is 3. The van der Waals surface area contributed by atoms with Crippen molar-refractivity contribution < 1.29 is 9.59 Å². The van der Waals surface area contributed by atoms with E-state index >= 15 is 0 Å². The fraction of sp³-hybridized carbons (Fsp3) is 0.571. The Hall–Kier alpha value is -2.54. The predicted molar refractivity (Wildman–Crippen MR) is 137 cm³/mol. The highest BCUT2D eigenvalue weighted by Crippen LogP contribution is 2.67. The lowest BCUT2D eigenvalue weighted by molar-refractivity contribution is -0.138. The maximum Gasteiger partial charge on any atom is 0.276 e. The number of thiazole rings is 1. The molecule has 35 heavy (non-hydrogen) atoms. The number of rotatable bonds is 3. The molecule has 0 spiro atoms. The molecule has 1 aliphatic heterocycles. The fourth-order valence-corrected chi connectivity index (χ4v) is 9.15. The maximum absolute atomic E-state index is 12.5. The molecule has 2 aromatic heterocycles. The number of amides is 2. The lowest BCUT2D eigenvalue weighted by Gasteiger charge is -2.60.